The fraction of sp³-hybridized carbons (Fsp3) is 0.500. The lowest BCUT2D eigenvalue weighted by molar-refractivity contribution is -0.119. The number of nitrogens with two attached hydrogens (primary N) is 1. The van der Waals surface area contributed by atoms with Gasteiger partial charge in [-0.1, -0.05) is 32.4 Å². The van der Waals surface area contributed by atoms with Gasteiger partial charge in [0, 0.05) is 6.07 Å². The fourth-order valence-electron chi connectivity index (χ4n) is 0.999. The van der Waals surface area contributed by atoms with Gasteiger partial charge in [0.2, 0.25) is 5.91 Å². The maximum atomic E-state index is 11.7. The third-order valence-electron chi connectivity index (χ3n) is 2.10. The van der Waals surface area contributed by atoms with Crippen LogP contribution < -0.4 is 11.1 Å². The summed E-state index contributed by atoms with van der Waals surface area (Å²) in [7, 11) is 0. The van der Waals surface area contributed by atoms with Crippen molar-refractivity contribution in [3.63, 3.8) is 0 Å². The summed E-state index contributed by atoms with van der Waals surface area (Å²) in [6.07, 6.45) is 1.28. The molecule has 1 amide bonds. The Labute approximate surface area is 99.4 Å². The van der Waals surface area contributed by atoms with Crippen LogP contribution in [0.3, 0.4) is 0 Å². The van der Waals surface area contributed by atoms with Gasteiger partial charge in [0.15, 0.2) is 0 Å². The number of rotatable bonds is 2. The molecule has 0 aromatic carbocycles. The van der Waals surface area contributed by atoms with E-state index in [9.17, 15) is 4.79 Å². The van der Waals surface area contributed by atoms with Crippen molar-refractivity contribution in [2.24, 2.45) is 11.1 Å². The second-order valence-electron chi connectivity index (χ2n) is 4.56. The molecule has 0 unspecified atom stereocenters. The van der Waals surface area contributed by atoms with Crippen LogP contribution in [0.4, 0.5) is 5.82 Å². The Hall–Kier alpha value is -1.20. The molecule has 0 saturated carbocycles. The molecule has 1 aromatic rings. The van der Waals surface area contributed by atoms with Gasteiger partial charge in [-0.2, -0.15) is 0 Å². The molecule has 3 N–H and O–H groups in total. The number of anilines is 1. The van der Waals surface area contributed by atoms with Crippen molar-refractivity contribution in [3.8, 4) is 0 Å². The molecule has 1 atom stereocenters. The molecule has 1 heterocycles. The second-order valence-corrected chi connectivity index (χ2v) is 4.95. The number of hydrogen-bond acceptors (Lipinski definition) is 4. The van der Waals surface area contributed by atoms with E-state index in [1.165, 1.54) is 12.4 Å². The average Bonchev–Trinajstić information content (AvgIpc) is 2.15. The zero-order chi connectivity index (χ0) is 12.3. The highest BCUT2D eigenvalue weighted by Gasteiger charge is 2.27. The first-order valence-electron chi connectivity index (χ1n) is 4.84. The van der Waals surface area contributed by atoms with Crippen LogP contribution in [-0.2, 0) is 4.79 Å². The van der Waals surface area contributed by atoms with Crippen molar-refractivity contribution in [2.75, 3.05) is 5.32 Å². The standard InChI is InChI=1S/C10H15ClN4O/c1-10(2,3)8(12)9(16)15-7-4-6(11)13-5-14-7/h4-5,8H,12H2,1-3H3,(H,13,14,15,16)/t8-/m1/s1. The second kappa shape index (κ2) is 4.76. The Bertz CT molecular complexity index is 389. The molecular formula is C10H15ClN4O. The minimum Gasteiger partial charge on any atom is -0.319 e. The Morgan fingerprint density at radius 3 is 2.62 bits per heavy atom. The summed E-state index contributed by atoms with van der Waals surface area (Å²) in [5.41, 5.74) is 5.49. The zero-order valence-corrected chi connectivity index (χ0v) is 10.2. The Balaban J connectivity index is 2.72. The first kappa shape index (κ1) is 12.9. The molecule has 0 radical (unpaired) electrons. The van der Waals surface area contributed by atoms with Gasteiger partial charge in [0.25, 0.3) is 0 Å². The molecule has 0 aliphatic rings. The van der Waals surface area contributed by atoms with E-state index < -0.39 is 6.04 Å². The van der Waals surface area contributed by atoms with Gasteiger partial charge in [0.05, 0.1) is 6.04 Å². The van der Waals surface area contributed by atoms with Crippen LogP contribution in [0.15, 0.2) is 12.4 Å². The van der Waals surface area contributed by atoms with E-state index in [-0.39, 0.29) is 16.5 Å². The Morgan fingerprint density at radius 1 is 1.50 bits per heavy atom. The molecule has 0 aliphatic carbocycles. The highest BCUT2D eigenvalue weighted by Crippen LogP contribution is 2.18. The number of halogens is 1. The van der Waals surface area contributed by atoms with E-state index in [4.69, 9.17) is 17.3 Å². The van der Waals surface area contributed by atoms with Gasteiger partial charge < -0.3 is 11.1 Å². The van der Waals surface area contributed by atoms with E-state index >= 15 is 0 Å². The van der Waals surface area contributed by atoms with Crippen molar-refractivity contribution >= 4 is 23.3 Å². The molecule has 16 heavy (non-hydrogen) atoms. The lowest BCUT2D eigenvalue weighted by Crippen LogP contribution is -2.45. The number of carbonyl (C=O) groups excluding carboxylic acids is 1. The van der Waals surface area contributed by atoms with Crippen LogP contribution in [0.1, 0.15) is 20.8 Å². The first-order chi connectivity index (χ1) is 7.30. The predicted molar refractivity (Wildman–Crippen MR) is 63.1 cm³/mol. The number of hydrogen-bond donors (Lipinski definition) is 2. The molecule has 1 aromatic heterocycles. The highest BCUT2D eigenvalue weighted by molar-refractivity contribution is 6.29. The summed E-state index contributed by atoms with van der Waals surface area (Å²) in [6.45, 7) is 5.68. The summed E-state index contributed by atoms with van der Waals surface area (Å²) in [5, 5.41) is 2.86. The third kappa shape index (κ3) is 3.43. The van der Waals surface area contributed by atoms with E-state index in [1.807, 2.05) is 20.8 Å². The molecule has 0 aliphatic heterocycles. The van der Waals surface area contributed by atoms with E-state index in [0.717, 1.165) is 0 Å². The minimum absolute atomic E-state index is 0.273. The summed E-state index contributed by atoms with van der Waals surface area (Å²) in [6, 6.07) is 0.857. The molecule has 1 rings (SSSR count). The number of nitrogens with zero attached hydrogens (tertiary/aromatic N) is 2. The monoisotopic (exact) mass is 242 g/mol. The molecule has 0 saturated heterocycles. The van der Waals surface area contributed by atoms with Gasteiger partial charge in [0.1, 0.15) is 17.3 Å². The van der Waals surface area contributed by atoms with Gasteiger partial charge in [-0.25, -0.2) is 9.97 Å². The average molecular weight is 243 g/mol. The third-order valence-corrected chi connectivity index (χ3v) is 2.31. The maximum Gasteiger partial charge on any atom is 0.242 e. The van der Waals surface area contributed by atoms with Crippen molar-refractivity contribution in [3.05, 3.63) is 17.5 Å². The predicted octanol–water partition coefficient (Wildman–Crippen LogP) is 1.44. The highest BCUT2D eigenvalue weighted by atomic mass is 35.5. The molecule has 0 fully saturated rings. The quantitative estimate of drug-likeness (QED) is 0.769. The SMILES string of the molecule is CC(C)(C)[C@H](N)C(=O)Nc1cc(Cl)ncn1. The lowest BCUT2D eigenvalue weighted by atomic mass is 9.87. The van der Waals surface area contributed by atoms with Crippen molar-refractivity contribution in [2.45, 2.75) is 26.8 Å². The van der Waals surface area contributed by atoms with Crippen LogP contribution in [0, 0.1) is 5.41 Å². The molecule has 5 nitrogen and oxygen atoms in total. The molecule has 6 heteroatoms. The minimum atomic E-state index is -0.610. The Morgan fingerprint density at radius 2 is 2.12 bits per heavy atom. The largest absolute Gasteiger partial charge is 0.319 e. The molecule has 0 spiro atoms. The van der Waals surface area contributed by atoms with Crippen molar-refractivity contribution < 1.29 is 4.79 Å². The van der Waals surface area contributed by atoms with E-state index in [2.05, 4.69) is 15.3 Å². The topological polar surface area (TPSA) is 80.9 Å². The Kier molecular flexibility index (Phi) is 3.83. The van der Waals surface area contributed by atoms with Crippen LogP contribution in [-0.4, -0.2) is 21.9 Å². The summed E-state index contributed by atoms with van der Waals surface area (Å²) in [4.78, 5) is 19.3. The zero-order valence-electron chi connectivity index (χ0n) is 9.49. The normalized spacial score (nSPS) is 13.3. The van der Waals surface area contributed by atoms with Crippen LogP contribution in [0.25, 0.3) is 0 Å². The number of aromatic nitrogens is 2. The van der Waals surface area contributed by atoms with E-state index in [1.54, 1.807) is 0 Å². The fourth-order valence-corrected chi connectivity index (χ4v) is 1.15. The lowest BCUT2D eigenvalue weighted by Gasteiger charge is -2.25. The summed E-state index contributed by atoms with van der Waals surface area (Å²) >= 11 is 5.66. The van der Waals surface area contributed by atoms with Crippen LogP contribution in [0.5, 0.6) is 0 Å². The van der Waals surface area contributed by atoms with Gasteiger partial charge >= 0.3 is 0 Å². The van der Waals surface area contributed by atoms with Gasteiger partial charge in [-0.3, -0.25) is 4.79 Å². The number of nitrogens with one attached hydrogen (secondary N) is 1. The van der Waals surface area contributed by atoms with E-state index in [0.29, 0.717) is 5.82 Å². The number of carbonyl (C=O) groups is 1. The molecule has 88 valence electrons. The van der Waals surface area contributed by atoms with Crippen LogP contribution >= 0.6 is 11.6 Å². The van der Waals surface area contributed by atoms with Gasteiger partial charge in [-0.15, -0.1) is 0 Å². The van der Waals surface area contributed by atoms with Crippen molar-refractivity contribution in [1.29, 1.82) is 0 Å². The van der Waals surface area contributed by atoms with Crippen molar-refractivity contribution in [1.82, 2.24) is 9.97 Å². The maximum absolute atomic E-state index is 11.7. The first-order valence-corrected chi connectivity index (χ1v) is 5.22. The van der Waals surface area contributed by atoms with Gasteiger partial charge in [-0.05, 0) is 5.41 Å². The van der Waals surface area contributed by atoms with Crippen LogP contribution in [0.2, 0.25) is 5.15 Å². The molecule has 0 bridgehead atoms. The number of amides is 1. The summed E-state index contributed by atoms with van der Waals surface area (Å²) < 4.78 is 0. The molecular weight excluding hydrogens is 228 g/mol. The summed E-state index contributed by atoms with van der Waals surface area (Å²) in [5.74, 6) is 0.0620. The smallest absolute Gasteiger partial charge is 0.242 e.